The van der Waals surface area contributed by atoms with Crippen molar-refractivity contribution >= 4 is 11.6 Å². The number of carbonyl (C=O) groups is 1. The second-order valence-corrected chi connectivity index (χ2v) is 7.81. The SMILES string of the molecule is Cc1ccc2c(c1)[C@H]1c3ccccc3C[C@H]1[C@@H]1c3ccccc3C(=O)N21. The predicted octanol–water partition coefficient (Wildman–Crippen LogP) is 5.01. The van der Waals surface area contributed by atoms with Gasteiger partial charge in [0.15, 0.2) is 0 Å². The first-order valence-electron chi connectivity index (χ1n) is 9.35. The Bertz CT molecular complexity index is 1080. The van der Waals surface area contributed by atoms with Gasteiger partial charge in [-0.25, -0.2) is 0 Å². The van der Waals surface area contributed by atoms with Gasteiger partial charge >= 0.3 is 0 Å². The van der Waals surface area contributed by atoms with Crippen molar-refractivity contribution in [3.05, 3.63) is 100 Å². The van der Waals surface area contributed by atoms with Crippen LogP contribution >= 0.6 is 0 Å². The number of hydrogen-bond acceptors (Lipinski definition) is 1. The van der Waals surface area contributed by atoms with Crippen molar-refractivity contribution in [1.29, 1.82) is 0 Å². The maximum absolute atomic E-state index is 13.3. The molecule has 0 fully saturated rings. The molecule has 3 aliphatic rings. The smallest absolute Gasteiger partial charge is 0.259 e. The fraction of sp³-hybridized carbons (Fsp3) is 0.208. The average Bonchev–Trinajstić information content (AvgIpc) is 3.19. The van der Waals surface area contributed by atoms with Gasteiger partial charge in [-0.2, -0.15) is 0 Å². The number of benzene rings is 3. The van der Waals surface area contributed by atoms with Crippen molar-refractivity contribution < 1.29 is 4.79 Å². The molecule has 0 saturated heterocycles. The number of rotatable bonds is 0. The first kappa shape index (κ1) is 14.3. The first-order chi connectivity index (χ1) is 12.7. The standard InChI is InChI=1S/C24H19NO/c1-14-10-11-21-19(12-14)22-16-7-3-2-6-15(16)13-20(22)23-17-8-4-5-9-18(17)24(26)25(21)23/h2-12,20,22-23H,13H2,1H3/t20-,22-,23+/m1/s1. The molecule has 3 atom stereocenters. The lowest BCUT2D eigenvalue weighted by Crippen LogP contribution is -2.39. The molecule has 0 aromatic heterocycles. The molecule has 2 nitrogen and oxygen atoms in total. The minimum Gasteiger partial charge on any atom is -0.300 e. The second-order valence-electron chi connectivity index (χ2n) is 7.81. The van der Waals surface area contributed by atoms with E-state index in [1.807, 2.05) is 12.1 Å². The van der Waals surface area contributed by atoms with E-state index in [-0.39, 0.29) is 11.9 Å². The van der Waals surface area contributed by atoms with Crippen molar-refractivity contribution in [2.75, 3.05) is 4.90 Å². The minimum atomic E-state index is 0.145. The number of hydrogen-bond donors (Lipinski definition) is 0. The summed E-state index contributed by atoms with van der Waals surface area (Å²) in [4.78, 5) is 15.3. The molecule has 3 aromatic rings. The maximum Gasteiger partial charge on any atom is 0.259 e. The Morgan fingerprint density at radius 1 is 0.885 bits per heavy atom. The number of nitrogens with zero attached hydrogens (tertiary/aromatic N) is 1. The van der Waals surface area contributed by atoms with E-state index < -0.39 is 0 Å². The van der Waals surface area contributed by atoms with E-state index in [4.69, 9.17) is 0 Å². The Labute approximate surface area is 153 Å². The van der Waals surface area contributed by atoms with Crippen LogP contribution in [0.5, 0.6) is 0 Å². The van der Waals surface area contributed by atoms with E-state index in [1.54, 1.807) is 0 Å². The summed E-state index contributed by atoms with van der Waals surface area (Å²) < 4.78 is 0. The highest BCUT2D eigenvalue weighted by molar-refractivity contribution is 6.12. The molecule has 3 aromatic carbocycles. The van der Waals surface area contributed by atoms with Crippen LogP contribution in [-0.2, 0) is 6.42 Å². The lowest BCUT2D eigenvalue weighted by atomic mass is 9.75. The van der Waals surface area contributed by atoms with E-state index >= 15 is 0 Å². The van der Waals surface area contributed by atoms with Gasteiger partial charge in [0.1, 0.15) is 0 Å². The molecular weight excluding hydrogens is 318 g/mol. The summed E-state index contributed by atoms with van der Waals surface area (Å²) in [6, 6.07) is 23.7. The maximum atomic E-state index is 13.3. The van der Waals surface area contributed by atoms with Crippen LogP contribution in [0.15, 0.2) is 66.7 Å². The summed E-state index contributed by atoms with van der Waals surface area (Å²) in [5.74, 6) is 0.945. The van der Waals surface area contributed by atoms with Crippen LogP contribution in [0.4, 0.5) is 5.69 Å². The molecule has 2 aliphatic heterocycles. The molecule has 0 spiro atoms. The molecule has 26 heavy (non-hydrogen) atoms. The largest absolute Gasteiger partial charge is 0.300 e. The molecule has 0 bridgehead atoms. The molecule has 0 saturated carbocycles. The molecule has 1 aliphatic carbocycles. The predicted molar refractivity (Wildman–Crippen MR) is 103 cm³/mol. The van der Waals surface area contributed by atoms with Crippen LogP contribution in [0.1, 0.15) is 50.1 Å². The summed E-state index contributed by atoms with van der Waals surface area (Å²) in [7, 11) is 0. The van der Waals surface area contributed by atoms with Gasteiger partial charge < -0.3 is 4.90 Å². The highest BCUT2D eigenvalue weighted by Crippen LogP contribution is 2.59. The van der Waals surface area contributed by atoms with Gasteiger partial charge in [0.25, 0.3) is 5.91 Å². The van der Waals surface area contributed by atoms with Crippen molar-refractivity contribution in [3.63, 3.8) is 0 Å². The molecule has 0 N–H and O–H groups in total. The molecule has 0 radical (unpaired) electrons. The van der Waals surface area contributed by atoms with Crippen LogP contribution in [0, 0.1) is 12.8 Å². The van der Waals surface area contributed by atoms with Gasteiger partial charge in [0.05, 0.1) is 6.04 Å². The van der Waals surface area contributed by atoms with E-state index in [0.29, 0.717) is 11.8 Å². The van der Waals surface area contributed by atoms with Gasteiger partial charge in [-0.05, 0) is 53.6 Å². The van der Waals surface area contributed by atoms with Crippen molar-refractivity contribution in [2.45, 2.75) is 25.3 Å². The zero-order valence-electron chi connectivity index (χ0n) is 14.6. The summed E-state index contributed by atoms with van der Waals surface area (Å²) in [5, 5.41) is 0. The van der Waals surface area contributed by atoms with Gasteiger partial charge in [-0.15, -0.1) is 0 Å². The van der Waals surface area contributed by atoms with Crippen molar-refractivity contribution in [2.24, 2.45) is 5.92 Å². The monoisotopic (exact) mass is 337 g/mol. The first-order valence-corrected chi connectivity index (χ1v) is 9.35. The Morgan fingerprint density at radius 2 is 1.65 bits per heavy atom. The second kappa shape index (κ2) is 4.85. The Hall–Kier alpha value is -2.87. The van der Waals surface area contributed by atoms with Gasteiger partial charge in [0, 0.05) is 17.2 Å². The summed E-state index contributed by atoms with van der Waals surface area (Å²) in [6.45, 7) is 2.14. The summed E-state index contributed by atoms with van der Waals surface area (Å²) >= 11 is 0. The zero-order valence-corrected chi connectivity index (χ0v) is 14.6. The lowest BCUT2D eigenvalue weighted by molar-refractivity contribution is 0.0981. The fourth-order valence-electron chi connectivity index (χ4n) is 5.49. The number of aryl methyl sites for hydroxylation is 1. The minimum absolute atomic E-state index is 0.145. The van der Waals surface area contributed by atoms with E-state index in [1.165, 1.54) is 27.8 Å². The number of amides is 1. The topological polar surface area (TPSA) is 20.3 Å². The van der Waals surface area contributed by atoms with Crippen molar-refractivity contribution in [1.82, 2.24) is 0 Å². The van der Waals surface area contributed by atoms with Gasteiger partial charge in [-0.3, -0.25) is 4.79 Å². The van der Waals surface area contributed by atoms with Crippen molar-refractivity contribution in [3.8, 4) is 0 Å². The van der Waals surface area contributed by atoms with E-state index in [9.17, 15) is 4.79 Å². The fourth-order valence-corrected chi connectivity index (χ4v) is 5.49. The number of carbonyl (C=O) groups excluding carboxylic acids is 1. The summed E-state index contributed by atoms with van der Waals surface area (Å²) in [5.41, 5.74) is 8.63. The van der Waals surface area contributed by atoms with E-state index in [0.717, 1.165) is 17.7 Å². The van der Waals surface area contributed by atoms with Crippen LogP contribution in [-0.4, -0.2) is 5.91 Å². The molecule has 2 heterocycles. The molecule has 0 unspecified atom stereocenters. The van der Waals surface area contributed by atoms with Crippen LogP contribution in [0.3, 0.4) is 0 Å². The average molecular weight is 337 g/mol. The highest BCUT2D eigenvalue weighted by Gasteiger charge is 2.52. The van der Waals surface area contributed by atoms with E-state index in [2.05, 4.69) is 66.4 Å². The van der Waals surface area contributed by atoms with Crippen LogP contribution in [0.25, 0.3) is 0 Å². The third-order valence-corrected chi connectivity index (χ3v) is 6.46. The lowest BCUT2D eigenvalue weighted by Gasteiger charge is -2.41. The third-order valence-electron chi connectivity index (χ3n) is 6.46. The number of anilines is 1. The highest BCUT2D eigenvalue weighted by atomic mass is 16.2. The molecular formula is C24H19NO. The van der Waals surface area contributed by atoms with Gasteiger partial charge in [0.2, 0.25) is 0 Å². The molecule has 6 rings (SSSR count). The normalized spacial score (nSPS) is 24.6. The number of fused-ring (bicyclic) bond motifs is 10. The van der Waals surface area contributed by atoms with Gasteiger partial charge in [-0.1, -0.05) is 60.2 Å². The molecule has 2 heteroatoms. The molecule has 1 amide bonds. The van der Waals surface area contributed by atoms with Crippen LogP contribution < -0.4 is 4.90 Å². The zero-order chi connectivity index (χ0) is 17.4. The Morgan fingerprint density at radius 3 is 2.54 bits per heavy atom. The Balaban J connectivity index is 1.66. The Kier molecular flexibility index (Phi) is 2.67. The quantitative estimate of drug-likeness (QED) is 0.564. The molecule has 126 valence electrons. The van der Waals surface area contributed by atoms with Crippen LogP contribution in [0.2, 0.25) is 0 Å². The summed E-state index contributed by atoms with van der Waals surface area (Å²) in [6.07, 6.45) is 1.04. The third kappa shape index (κ3) is 1.65.